The number of carboxylic acids is 3. The SMILES string of the molecule is NC(CCC(=O)[O-])C(=O)[O-].NCCCC(=O)O.[Na+].[Na+]. The molecule has 0 saturated heterocycles. The zero-order valence-electron chi connectivity index (χ0n) is 11.3. The van der Waals surface area contributed by atoms with Crippen LogP contribution in [0.1, 0.15) is 25.7 Å². The minimum absolute atomic E-state index is 0. The van der Waals surface area contributed by atoms with Crippen LogP contribution in [0.2, 0.25) is 0 Å². The molecule has 0 bridgehead atoms. The first-order valence-corrected chi connectivity index (χ1v) is 4.89. The fraction of sp³-hybridized carbons (Fsp3) is 0.667. The fourth-order valence-electron chi connectivity index (χ4n) is 0.644. The van der Waals surface area contributed by atoms with E-state index < -0.39 is 23.9 Å². The minimum atomic E-state index is -1.44. The van der Waals surface area contributed by atoms with Crippen molar-refractivity contribution in [3.63, 3.8) is 0 Å². The smallest absolute Gasteiger partial charge is 0.550 e. The summed E-state index contributed by atoms with van der Waals surface area (Å²) >= 11 is 0. The van der Waals surface area contributed by atoms with Crippen LogP contribution in [0.4, 0.5) is 0 Å². The Bertz CT molecular complexity index is 265. The van der Waals surface area contributed by atoms with Gasteiger partial charge in [-0.05, 0) is 25.8 Å². The van der Waals surface area contributed by atoms with Crippen molar-refractivity contribution in [1.82, 2.24) is 0 Å². The van der Waals surface area contributed by atoms with Gasteiger partial charge in [-0.2, -0.15) is 0 Å². The van der Waals surface area contributed by atoms with E-state index in [1.807, 2.05) is 0 Å². The summed E-state index contributed by atoms with van der Waals surface area (Å²) in [5.41, 5.74) is 9.93. The second kappa shape index (κ2) is 18.3. The molecule has 0 amide bonds. The summed E-state index contributed by atoms with van der Waals surface area (Å²) < 4.78 is 0. The van der Waals surface area contributed by atoms with Crippen molar-refractivity contribution < 1.29 is 88.8 Å². The van der Waals surface area contributed by atoms with Crippen LogP contribution in [-0.4, -0.2) is 35.6 Å². The molecule has 0 rings (SSSR count). The maximum atomic E-state index is 9.86. The van der Waals surface area contributed by atoms with E-state index in [2.05, 4.69) is 0 Å². The van der Waals surface area contributed by atoms with Gasteiger partial charge in [-0.3, -0.25) is 4.79 Å². The molecule has 0 aliphatic rings. The van der Waals surface area contributed by atoms with E-state index in [4.69, 9.17) is 16.6 Å². The van der Waals surface area contributed by atoms with Crippen molar-refractivity contribution in [3.8, 4) is 0 Å². The Kier molecular flexibility index (Phi) is 26.7. The van der Waals surface area contributed by atoms with Gasteiger partial charge < -0.3 is 36.4 Å². The summed E-state index contributed by atoms with van der Waals surface area (Å²) in [6, 6.07) is -1.21. The number of nitrogens with two attached hydrogens (primary N) is 2. The molecule has 0 aromatic rings. The van der Waals surface area contributed by atoms with Crippen LogP contribution in [0.25, 0.3) is 0 Å². The number of carboxylic acid groups (broad SMARTS) is 3. The van der Waals surface area contributed by atoms with Gasteiger partial charge in [0, 0.05) is 18.4 Å². The van der Waals surface area contributed by atoms with Crippen LogP contribution >= 0.6 is 0 Å². The third-order valence-electron chi connectivity index (χ3n) is 1.56. The average molecular weight is 294 g/mol. The maximum Gasteiger partial charge on any atom is 1.00 e. The number of rotatable bonds is 7. The third-order valence-corrected chi connectivity index (χ3v) is 1.56. The number of hydrogen-bond donors (Lipinski definition) is 3. The summed E-state index contributed by atoms with van der Waals surface area (Å²) in [7, 11) is 0. The molecule has 0 spiro atoms. The molecule has 10 heteroatoms. The van der Waals surface area contributed by atoms with Gasteiger partial charge >= 0.3 is 65.1 Å². The summed E-state index contributed by atoms with van der Waals surface area (Å²) in [5.74, 6) is -3.52. The molecule has 0 aromatic heterocycles. The Morgan fingerprint density at radius 2 is 1.58 bits per heavy atom. The molecule has 0 heterocycles. The van der Waals surface area contributed by atoms with Crippen molar-refractivity contribution in [2.45, 2.75) is 31.7 Å². The third kappa shape index (κ3) is 27.5. The zero-order valence-corrected chi connectivity index (χ0v) is 15.3. The van der Waals surface area contributed by atoms with Crippen LogP contribution in [0.3, 0.4) is 0 Å². The molecule has 0 aliphatic heterocycles. The quantitative estimate of drug-likeness (QED) is 0.388. The van der Waals surface area contributed by atoms with E-state index in [9.17, 15) is 24.6 Å². The average Bonchev–Trinajstić information content (AvgIpc) is 2.23. The van der Waals surface area contributed by atoms with E-state index in [1.165, 1.54) is 0 Å². The van der Waals surface area contributed by atoms with Gasteiger partial charge in [-0.25, -0.2) is 0 Å². The van der Waals surface area contributed by atoms with Gasteiger partial charge in [-0.1, -0.05) is 0 Å². The Morgan fingerprint density at radius 3 is 1.79 bits per heavy atom. The van der Waals surface area contributed by atoms with Crippen LogP contribution in [0.5, 0.6) is 0 Å². The number of aliphatic carboxylic acids is 3. The molecule has 0 saturated carbocycles. The largest absolute Gasteiger partial charge is 1.00 e. The van der Waals surface area contributed by atoms with Crippen molar-refractivity contribution in [1.29, 1.82) is 0 Å². The molecule has 0 aromatic carbocycles. The first-order chi connectivity index (χ1) is 7.81. The molecule has 1 atom stereocenters. The monoisotopic (exact) mass is 294 g/mol. The molecule has 0 aliphatic carbocycles. The number of hydrogen-bond acceptors (Lipinski definition) is 7. The van der Waals surface area contributed by atoms with Crippen LogP contribution < -0.4 is 80.8 Å². The summed E-state index contributed by atoms with van der Waals surface area (Å²) in [6.45, 7) is 0.465. The standard InChI is InChI=1S/C5H9NO4.C4H9NO2.2Na/c6-3(5(9)10)1-2-4(7)8;5-3-1-2-4(6)7;;/h3H,1-2,6H2,(H,7,8)(H,9,10);1-3,5H2,(H,6,7);;/q;;2*+1/p-2. The van der Waals surface area contributed by atoms with Crippen molar-refractivity contribution in [2.75, 3.05) is 6.54 Å². The van der Waals surface area contributed by atoms with Crippen molar-refractivity contribution >= 4 is 17.9 Å². The van der Waals surface area contributed by atoms with E-state index in [1.54, 1.807) is 0 Å². The molecule has 100 valence electrons. The fourth-order valence-corrected chi connectivity index (χ4v) is 0.644. The number of carbonyl (C=O) groups is 3. The normalized spacial score (nSPS) is 9.79. The molecular weight excluding hydrogens is 278 g/mol. The Morgan fingerprint density at radius 1 is 1.11 bits per heavy atom. The molecule has 0 radical (unpaired) electrons. The van der Waals surface area contributed by atoms with Crippen LogP contribution in [0.15, 0.2) is 0 Å². The van der Waals surface area contributed by atoms with Crippen molar-refractivity contribution in [3.05, 3.63) is 0 Å². The Hall–Kier alpha value is 0.330. The van der Waals surface area contributed by atoms with Gasteiger partial charge in [-0.15, -0.1) is 0 Å². The zero-order chi connectivity index (χ0) is 13.8. The van der Waals surface area contributed by atoms with Gasteiger partial charge in [0.05, 0.1) is 5.97 Å². The first-order valence-electron chi connectivity index (χ1n) is 4.89. The Balaban J connectivity index is -0.000000112. The van der Waals surface area contributed by atoms with Gasteiger partial charge in [0.15, 0.2) is 0 Å². The van der Waals surface area contributed by atoms with E-state index in [0.29, 0.717) is 13.0 Å². The molecule has 0 fully saturated rings. The molecule has 5 N–H and O–H groups in total. The topological polar surface area (TPSA) is 170 Å². The first kappa shape index (κ1) is 27.6. The maximum absolute atomic E-state index is 9.86. The summed E-state index contributed by atoms with van der Waals surface area (Å²) in [5, 5.41) is 27.6. The van der Waals surface area contributed by atoms with Gasteiger partial charge in [0.25, 0.3) is 0 Å². The molecular formula is C9H16N2Na2O6. The van der Waals surface area contributed by atoms with Gasteiger partial charge in [0.2, 0.25) is 0 Å². The summed E-state index contributed by atoms with van der Waals surface area (Å²) in [4.78, 5) is 29.3. The van der Waals surface area contributed by atoms with E-state index >= 15 is 0 Å². The van der Waals surface area contributed by atoms with Crippen molar-refractivity contribution in [2.24, 2.45) is 11.5 Å². The molecule has 19 heavy (non-hydrogen) atoms. The minimum Gasteiger partial charge on any atom is -0.550 e. The second-order valence-electron chi connectivity index (χ2n) is 3.12. The van der Waals surface area contributed by atoms with Crippen LogP contribution in [0, 0.1) is 0 Å². The van der Waals surface area contributed by atoms with E-state index in [-0.39, 0.29) is 78.4 Å². The molecule has 8 nitrogen and oxygen atoms in total. The van der Waals surface area contributed by atoms with Crippen LogP contribution in [-0.2, 0) is 14.4 Å². The molecule has 1 unspecified atom stereocenters. The Labute approximate surface area is 155 Å². The predicted octanol–water partition coefficient (Wildman–Crippen LogP) is -9.59. The van der Waals surface area contributed by atoms with E-state index in [0.717, 1.165) is 0 Å². The number of carbonyl (C=O) groups excluding carboxylic acids is 2. The summed E-state index contributed by atoms with van der Waals surface area (Å²) in [6.07, 6.45) is 0.269. The predicted molar refractivity (Wildman–Crippen MR) is 53.1 cm³/mol. The van der Waals surface area contributed by atoms with Gasteiger partial charge in [0.1, 0.15) is 0 Å². The second-order valence-corrected chi connectivity index (χ2v) is 3.12.